The lowest BCUT2D eigenvalue weighted by molar-refractivity contribution is -0.132. The van der Waals surface area contributed by atoms with Crippen LogP contribution in [0.3, 0.4) is 0 Å². The van der Waals surface area contributed by atoms with Gasteiger partial charge in [0.2, 0.25) is 5.91 Å². The lowest BCUT2D eigenvalue weighted by Gasteiger charge is -2.35. The van der Waals surface area contributed by atoms with Gasteiger partial charge in [-0.05, 0) is 67.8 Å². The highest BCUT2D eigenvalue weighted by Gasteiger charge is 2.37. The molecule has 0 radical (unpaired) electrons. The molecule has 2 unspecified atom stereocenters. The molecule has 2 saturated heterocycles. The Morgan fingerprint density at radius 2 is 1.73 bits per heavy atom. The van der Waals surface area contributed by atoms with Gasteiger partial charge in [0.1, 0.15) is 0 Å². The summed E-state index contributed by atoms with van der Waals surface area (Å²) < 4.78 is 0. The van der Waals surface area contributed by atoms with Crippen LogP contribution in [0.2, 0.25) is 0 Å². The molecule has 4 heterocycles. The molecule has 3 aliphatic heterocycles. The molecule has 30 heavy (non-hydrogen) atoms. The topological polar surface area (TPSA) is 26.8 Å². The van der Waals surface area contributed by atoms with E-state index >= 15 is 0 Å². The number of fused-ring (bicyclic) bond motifs is 1. The van der Waals surface area contributed by atoms with E-state index in [1.807, 2.05) is 11.3 Å². The first-order valence-electron chi connectivity index (χ1n) is 11.6. The second kappa shape index (κ2) is 9.21. The zero-order valence-electron chi connectivity index (χ0n) is 17.8. The number of amides is 1. The smallest absolute Gasteiger partial charge is 0.224 e. The van der Waals surface area contributed by atoms with E-state index in [2.05, 4.69) is 56.5 Å². The van der Waals surface area contributed by atoms with Gasteiger partial charge in [-0.25, -0.2) is 0 Å². The highest BCUT2D eigenvalue weighted by Crippen LogP contribution is 2.31. The maximum Gasteiger partial charge on any atom is 0.224 e. The van der Waals surface area contributed by atoms with Crippen LogP contribution < -0.4 is 0 Å². The van der Waals surface area contributed by atoms with Crippen LogP contribution in [0, 0.1) is 0 Å². The first-order valence-corrected chi connectivity index (χ1v) is 12.5. The summed E-state index contributed by atoms with van der Waals surface area (Å²) in [6.45, 7) is 6.05. The van der Waals surface area contributed by atoms with Gasteiger partial charge in [0.05, 0.1) is 0 Å². The summed E-state index contributed by atoms with van der Waals surface area (Å²) in [6, 6.07) is 14.3. The maximum atomic E-state index is 12.9. The SMILES string of the molecule is O=C(CCN1CCCC1C1CCCN1Cc1ccccc1)N1CCc2sccc2C1. The van der Waals surface area contributed by atoms with Crippen LogP contribution in [0.15, 0.2) is 41.8 Å². The van der Waals surface area contributed by atoms with E-state index < -0.39 is 0 Å². The number of thiophene rings is 1. The molecule has 0 spiro atoms. The molecule has 0 aliphatic carbocycles. The molecule has 160 valence electrons. The van der Waals surface area contributed by atoms with Gasteiger partial charge in [-0.1, -0.05) is 30.3 Å². The summed E-state index contributed by atoms with van der Waals surface area (Å²) >= 11 is 1.84. The number of hydrogen-bond donors (Lipinski definition) is 0. The van der Waals surface area contributed by atoms with E-state index in [0.29, 0.717) is 24.4 Å². The third-order valence-electron chi connectivity index (χ3n) is 7.27. The molecule has 5 heteroatoms. The van der Waals surface area contributed by atoms with Gasteiger partial charge in [-0.15, -0.1) is 11.3 Å². The fourth-order valence-electron chi connectivity index (χ4n) is 5.73. The Bertz CT molecular complexity index is 851. The van der Waals surface area contributed by atoms with Crippen molar-refractivity contribution < 1.29 is 4.79 Å². The second-order valence-corrected chi connectivity index (χ2v) is 10.1. The Kier molecular flexibility index (Phi) is 6.21. The van der Waals surface area contributed by atoms with E-state index in [4.69, 9.17) is 0 Å². The lowest BCUT2D eigenvalue weighted by Crippen LogP contribution is -2.47. The summed E-state index contributed by atoms with van der Waals surface area (Å²) in [6.07, 6.45) is 6.86. The van der Waals surface area contributed by atoms with E-state index in [1.54, 1.807) is 0 Å². The van der Waals surface area contributed by atoms with Gasteiger partial charge in [0.15, 0.2) is 0 Å². The minimum atomic E-state index is 0.338. The molecule has 2 atom stereocenters. The highest BCUT2D eigenvalue weighted by atomic mass is 32.1. The minimum absolute atomic E-state index is 0.338. The fourth-order valence-corrected chi connectivity index (χ4v) is 6.62. The van der Waals surface area contributed by atoms with Gasteiger partial charge in [0, 0.05) is 49.6 Å². The molecular formula is C25H33N3OS. The lowest BCUT2D eigenvalue weighted by atomic mass is 10.0. The van der Waals surface area contributed by atoms with Crippen molar-refractivity contribution in [3.63, 3.8) is 0 Å². The van der Waals surface area contributed by atoms with E-state index in [9.17, 15) is 4.79 Å². The van der Waals surface area contributed by atoms with Crippen LogP contribution in [0.1, 0.15) is 48.1 Å². The zero-order valence-corrected chi connectivity index (χ0v) is 18.7. The molecule has 1 amide bonds. The fraction of sp³-hybridized carbons (Fsp3) is 0.560. The van der Waals surface area contributed by atoms with Gasteiger partial charge in [-0.3, -0.25) is 14.6 Å². The Labute approximate surface area is 184 Å². The number of benzene rings is 1. The quantitative estimate of drug-likeness (QED) is 0.698. The van der Waals surface area contributed by atoms with Crippen molar-refractivity contribution in [3.8, 4) is 0 Å². The summed E-state index contributed by atoms with van der Waals surface area (Å²) in [5.41, 5.74) is 2.78. The third kappa shape index (κ3) is 4.34. The van der Waals surface area contributed by atoms with Crippen LogP contribution in [0.25, 0.3) is 0 Å². The maximum absolute atomic E-state index is 12.9. The van der Waals surface area contributed by atoms with E-state index in [1.165, 1.54) is 48.2 Å². The number of likely N-dealkylation sites (tertiary alicyclic amines) is 2. The Balaban J connectivity index is 1.17. The van der Waals surface area contributed by atoms with Crippen LogP contribution in [-0.4, -0.2) is 58.9 Å². The zero-order chi connectivity index (χ0) is 20.3. The van der Waals surface area contributed by atoms with E-state index in [0.717, 1.165) is 39.1 Å². The van der Waals surface area contributed by atoms with Gasteiger partial charge in [0.25, 0.3) is 0 Å². The van der Waals surface area contributed by atoms with Gasteiger partial charge < -0.3 is 4.90 Å². The molecule has 0 N–H and O–H groups in total. The molecule has 2 aromatic rings. The average molecular weight is 424 g/mol. The minimum Gasteiger partial charge on any atom is -0.338 e. The van der Waals surface area contributed by atoms with Crippen molar-refractivity contribution in [2.24, 2.45) is 0 Å². The van der Waals surface area contributed by atoms with Crippen molar-refractivity contribution in [2.45, 2.75) is 63.7 Å². The number of nitrogens with zero attached hydrogens (tertiary/aromatic N) is 3. The predicted octanol–water partition coefficient (Wildman–Crippen LogP) is 4.15. The first-order chi connectivity index (χ1) is 14.8. The molecular weight excluding hydrogens is 390 g/mol. The van der Waals surface area contributed by atoms with E-state index in [-0.39, 0.29) is 0 Å². The van der Waals surface area contributed by atoms with Crippen molar-refractivity contribution in [3.05, 3.63) is 57.8 Å². The molecule has 1 aromatic carbocycles. The van der Waals surface area contributed by atoms with Crippen LogP contribution >= 0.6 is 11.3 Å². The van der Waals surface area contributed by atoms with Crippen molar-refractivity contribution in [1.82, 2.24) is 14.7 Å². The summed E-state index contributed by atoms with van der Waals surface area (Å²) in [4.78, 5) is 21.8. The number of carbonyl (C=O) groups is 1. The molecule has 3 aliphatic rings. The molecule has 2 fully saturated rings. The predicted molar refractivity (Wildman–Crippen MR) is 123 cm³/mol. The summed E-state index contributed by atoms with van der Waals surface area (Å²) in [7, 11) is 0. The summed E-state index contributed by atoms with van der Waals surface area (Å²) in [5, 5.41) is 2.16. The highest BCUT2D eigenvalue weighted by molar-refractivity contribution is 7.10. The second-order valence-electron chi connectivity index (χ2n) is 9.10. The van der Waals surface area contributed by atoms with Gasteiger partial charge >= 0.3 is 0 Å². The normalized spacial score (nSPS) is 25.0. The Morgan fingerprint density at radius 3 is 2.57 bits per heavy atom. The molecule has 1 aromatic heterocycles. The number of rotatable bonds is 6. The average Bonchev–Trinajstić information content (AvgIpc) is 3.52. The Hall–Kier alpha value is -1.69. The Morgan fingerprint density at radius 1 is 0.967 bits per heavy atom. The van der Waals surface area contributed by atoms with Crippen LogP contribution in [0.5, 0.6) is 0 Å². The largest absolute Gasteiger partial charge is 0.338 e. The van der Waals surface area contributed by atoms with Crippen LogP contribution in [-0.2, 0) is 24.3 Å². The monoisotopic (exact) mass is 423 g/mol. The van der Waals surface area contributed by atoms with Crippen molar-refractivity contribution >= 4 is 17.2 Å². The molecule has 5 rings (SSSR count). The standard InChI is InChI=1S/C25H33N3OS/c29-25(28-15-10-24-21(19-28)12-17-30-24)11-16-26-13-4-8-22(26)23-9-5-14-27(23)18-20-6-2-1-3-7-20/h1-3,6-7,12,17,22-23H,4-5,8-11,13-16,18-19H2. The van der Waals surface area contributed by atoms with Crippen molar-refractivity contribution in [1.29, 1.82) is 0 Å². The third-order valence-corrected chi connectivity index (χ3v) is 8.30. The molecule has 4 nitrogen and oxygen atoms in total. The van der Waals surface area contributed by atoms with Crippen LogP contribution in [0.4, 0.5) is 0 Å². The molecule has 0 bridgehead atoms. The summed E-state index contributed by atoms with van der Waals surface area (Å²) in [5.74, 6) is 0.338. The van der Waals surface area contributed by atoms with Crippen molar-refractivity contribution in [2.75, 3.05) is 26.2 Å². The number of carbonyl (C=O) groups excluding carboxylic acids is 1. The first kappa shape index (κ1) is 20.2. The molecule has 0 saturated carbocycles. The number of hydrogen-bond acceptors (Lipinski definition) is 4. The van der Waals surface area contributed by atoms with Gasteiger partial charge in [-0.2, -0.15) is 0 Å².